The first-order chi connectivity index (χ1) is 12.6. The van der Waals surface area contributed by atoms with E-state index in [-0.39, 0.29) is 0 Å². The molecule has 0 saturated carbocycles. The van der Waals surface area contributed by atoms with Gasteiger partial charge in [0.25, 0.3) is 0 Å². The highest BCUT2D eigenvalue weighted by Gasteiger charge is 2.05. The Kier molecular flexibility index (Phi) is 6.21. The van der Waals surface area contributed by atoms with Crippen molar-refractivity contribution < 1.29 is 4.74 Å². The van der Waals surface area contributed by atoms with Crippen molar-refractivity contribution in [2.75, 3.05) is 17.2 Å². The smallest absolute Gasteiger partial charge is 0.176 e. The largest absolute Gasteiger partial charge is 0.360 e. The summed E-state index contributed by atoms with van der Waals surface area (Å²) in [5.74, 6) is 0.665. The van der Waals surface area contributed by atoms with E-state index in [0.29, 0.717) is 30.8 Å². The van der Waals surface area contributed by atoms with Gasteiger partial charge in [-0.1, -0.05) is 23.7 Å². The van der Waals surface area contributed by atoms with Crippen LogP contribution in [0.5, 0.6) is 0 Å². The van der Waals surface area contributed by atoms with Crippen LogP contribution in [0.25, 0.3) is 0 Å². The van der Waals surface area contributed by atoms with Gasteiger partial charge < -0.3 is 15.4 Å². The molecule has 0 aliphatic heterocycles. The number of halogens is 1. The van der Waals surface area contributed by atoms with Crippen molar-refractivity contribution in [2.24, 2.45) is 0 Å². The summed E-state index contributed by atoms with van der Waals surface area (Å²) in [4.78, 5) is 0. The van der Waals surface area contributed by atoms with Crippen molar-refractivity contribution in [3.63, 3.8) is 0 Å². The normalized spacial score (nSPS) is 10.7. The topological polar surface area (TPSA) is 68.9 Å². The number of anilines is 2. The van der Waals surface area contributed by atoms with Crippen molar-refractivity contribution in [1.82, 2.24) is 19.6 Å². The van der Waals surface area contributed by atoms with Gasteiger partial charge in [-0.15, -0.1) is 0 Å². The first-order valence-corrected chi connectivity index (χ1v) is 8.87. The van der Waals surface area contributed by atoms with Crippen LogP contribution in [-0.2, 0) is 18.0 Å². The van der Waals surface area contributed by atoms with E-state index in [9.17, 15) is 0 Å². The van der Waals surface area contributed by atoms with Crippen LogP contribution in [0.15, 0.2) is 48.9 Å². The average molecular weight is 391 g/mol. The predicted octanol–water partition coefficient (Wildman–Crippen LogP) is 3.58. The van der Waals surface area contributed by atoms with Crippen LogP contribution in [0.4, 0.5) is 11.5 Å². The fourth-order valence-corrected chi connectivity index (χ4v) is 2.60. The summed E-state index contributed by atoms with van der Waals surface area (Å²) in [6.45, 7) is 3.64. The summed E-state index contributed by atoms with van der Waals surface area (Å²) in [6, 6.07) is 9.55. The fraction of sp³-hybridized carbons (Fsp3) is 0.235. The van der Waals surface area contributed by atoms with Gasteiger partial charge >= 0.3 is 0 Å². The molecule has 0 saturated heterocycles. The first kappa shape index (κ1) is 18.4. The van der Waals surface area contributed by atoms with Crippen molar-refractivity contribution in [3.8, 4) is 0 Å². The minimum absolute atomic E-state index is 0.410. The van der Waals surface area contributed by atoms with E-state index >= 15 is 0 Å². The Morgan fingerprint density at radius 2 is 2.00 bits per heavy atom. The zero-order chi connectivity index (χ0) is 18.4. The molecular weight excluding hydrogens is 372 g/mol. The summed E-state index contributed by atoms with van der Waals surface area (Å²) < 4.78 is 8.81. The third kappa shape index (κ3) is 5.29. The summed E-state index contributed by atoms with van der Waals surface area (Å²) in [7, 11) is 0. The van der Waals surface area contributed by atoms with Gasteiger partial charge in [-0.2, -0.15) is 10.2 Å². The van der Waals surface area contributed by atoms with E-state index in [4.69, 9.17) is 28.6 Å². The Morgan fingerprint density at radius 3 is 2.77 bits per heavy atom. The molecule has 0 aliphatic carbocycles. The van der Waals surface area contributed by atoms with Crippen LogP contribution < -0.4 is 10.6 Å². The molecule has 2 aromatic heterocycles. The minimum atomic E-state index is 0.410. The molecular formula is C17H19ClN6OS. The molecule has 3 rings (SSSR count). The standard InChI is InChI=1S/C17H19ClN6OS/c1-2-25-12-24-11-15(9-19-24)20-17(26)21-16-7-8-23(22-16)10-13-3-5-14(18)6-4-13/h3-9,11H,2,10,12H2,1H3,(H2,20,21,22,26). The monoisotopic (exact) mass is 390 g/mol. The van der Waals surface area contributed by atoms with Gasteiger partial charge in [0.15, 0.2) is 10.9 Å². The Balaban J connectivity index is 1.52. The quantitative estimate of drug-likeness (QED) is 0.601. The molecule has 0 atom stereocenters. The second-order valence-electron chi connectivity index (χ2n) is 5.49. The molecule has 9 heteroatoms. The summed E-state index contributed by atoms with van der Waals surface area (Å²) in [5.41, 5.74) is 1.90. The van der Waals surface area contributed by atoms with Crippen molar-refractivity contribution in [1.29, 1.82) is 0 Å². The van der Waals surface area contributed by atoms with Crippen LogP contribution in [-0.4, -0.2) is 31.3 Å². The lowest BCUT2D eigenvalue weighted by molar-refractivity contribution is 0.0792. The fourth-order valence-electron chi connectivity index (χ4n) is 2.26. The molecule has 0 amide bonds. The number of benzene rings is 1. The van der Waals surface area contributed by atoms with E-state index in [1.165, 1.54) is 0 Å². The van der Waals surface area contributed by atoms with E-state index in [0.717, 1.165) is 16.3 Å². The number of rotatable bonds is 7. The maximum atomic E-state index is 5.90. The van der Waals surface area contributed by atoms with Crippen molar-refractivity contribution in [2.45, 2.75) is 20.2 Å². The molecule has 0 bridgehead atoms. The van der Waals surface area contributed by atoms with Crippen molar-refractivity contribution in [3.05, 3.63) is 59.5 Å². The lowest BCUT2D eigenvalue weighted by atomic mass is 10.2. The number of nitrogens with zero attached hydrogens (tertiary/aromatic N) is 4. The molecule has 3 aromatic rings. The number of hydrogen-bond donors (Lipinski definition) is 2. The molecule has 1 aromatic carbocycles. The van der Waals surface area contributed by atoms with Crippen LogP contribution in [0, 0.1) is 0 Å². The van der Waals surface area contributed by atoms with Gasteiger partial charge in [0.1, 0.15) is 6.73 Å². The van der Waals surface area contributed by atoms with Gasteiger partial charge in [-0.3, -0.25) is 4.68 Å². The first-order valence-electron chi connectivity index (χ1n) is 8.08. The summed E-state index contributed by atoms with van der Waals surface area (Å²) in [5, 5.41) is 15.9. The molecule has 0 fully saturated rings. The molecule has 0 radical (unpaired) electrons. The molecule has 26 heavy (non-hydrogen) atoms. The number of ether oxygens (including phenoxy) is 1. The molecule has 0 spiro atoms. The lowest BCUT2D eigenvalue weighted by Gasteiger charge is -2.06. The van der Waals surface area contributed by atoms with Crippen LogP contribution in [0.3, 0.4) is 0 Å². The van der Waals surface area contributed by atoms with E-state index in [1.807, 2.05) is 54.3 Å². The molecule has 2 heterocycles. The molecule has 0 aliphatic rings. The Labute approximate surface area is 161 Å². The van der Waals surface area contributed by atoms with Crippen LogP contribution >= 0.6 is 23.8 Å². The van der Waals surface area contributed by atoms with Gasteiger partial charge in [-0.25, -0.2) is 4.68 Å². The van der Waals surface area contributed by atoms with Crippen LogP contribution in [0.1, 0.15) is 12.5 Å². The summed E-state index contributed by atoms with van der Waals surface area (Å²) >= 11 is 11.2. The molecule has 0 unspecified atom stereocenters. The zero-order valence-corrected chi connectivity index (χ0v) is 15.8. The second-order valence-corrected chi connectivity index (χ2v) is 6.34. The van der Waals surface area contributed by atoms with E-state index in [2.05, 4.69) is 20.8 Å². The predicted molar refractivity (Wildman–Crippen MR) is 106 cm³/mol. The number of nitrogens with one attached hydrogen (secondary N) is 2. The van der Waals surface area contributed by atoms with E-state index < -0.39 is 0 Å². The number of hydrogen-bond acceptors (Lipinski definition) is 4. The van der Waals surface area contributed by atoms with Crippen LogP contribution in [0.2, 0.25) is 5.02 Å². The minimum Gasteiger partial charge on any atom is -0.360 e. The molecule has 2 N–H and O–H groups in total. The lowest BCUT2D eigenvalue weighted by Crippen LogP contribution is -2.19. The van der Waals surface area contributed by atoms with E-state index in [1.54, 1.807) is 10.9 Å². The highest BCUT2D eigenvalue weighted by molar-refractivity contribution is 7.80. The Bertz CT molecular complexity index is 860. The number of thiocarbonyl (C=S) groups is 1. The SMILES string of the molecule is CCOCn1cc(NC(=S)Nc2ccn(Cc3ccc(Cl)cc3)n2)cn1. The number of aromatic nitrogens is 4. The van der Waals surface area contributed by atoms with Gasteiger partial charge in [0.2, 0.25) is 0 Å². The highest BCUT2D eigenvalue weighted by Crippen LogP contribution is 2.12. The second kappa shape index (κ2) is 8.79. The van der Waals surface area contributed by atoms with Gasteiger partial charge in [0, 0.05) is 23.9 Å². The Morgan fingerprint density at radius 1 is 1.19 bits per heavy atom. The third-order valence-corrected chi connectivity index (χ3v) is 3.91. The van der Waals surface area contributed by atoms with Crippen molar-refractivity contribution >= 4 is 40.4 Å². The maximum Gasteiger partial charge on any atom is 0.176 e. The Hall–Kier alpha value is -2.42. The zero-order valence-electron chi connectivity index (χ0n) is 14.2. The molecule has 136 valence electrons. The maximum absolute atomic E-state index is 5.90. The van der Waals surface area contributed by atoms with Gasteiger partial charge in [-0.05, 0) is 36.8 Å². The summed E-state index contributed by atoms with van der Waals surface area (Å²) in [6.07, 6.45) is 5.40. The molecule has 7 nitrogen and oxygen atoms in total. The highest BCUT2D eigenvalue weighted by atomic mass is 35.5. The third-order valence-electron chi connectivity index (χ3n) is 3.46. The average Bonchev–Trinajstić information content (AvgIpc) is 3.24. The van der Waals surface area contributed by atoms with Gasteiger partial charge in [0.05, 0.1) is 24.6 Å².